The summed E-state index contributed by atoms with van der Waals surface area (Å²) in [5, 5.41) is 9.51. The minimum Gasteiger partial charge on any atom is -0.385 e. The Morgan fingerprint density at radius 3 is 1.47 bits per heavy atom. The molecular formula is C27H41N5. The van der Waals surface area contributed by atoms with Crippen molar-refractivity contribution in [3.8, 4) is 0 Å². The predicted molar refractivity (Wildman–Crippen MR) is 141 cm³/mol. The van der Waals surface area contributed by atoms with Gasteiger partial charge in [-0.3, -0.25) is 0 Å². The zero-order chi connectivity index (χ0) is 22.8. The van der Waals surface area contributed by atoms with Crippen molar-refractivity contribution in [2.45, 2.75) is 40.5 Å². The number of hydrogen-bond acceptors (Lipinski definition) is 5. The molecule has 0 spiro atoms. The van der Waals surface area contributed by atoms with Crippen LogP contribution in [-0.4, -0.2) is 67.1 Å². The lowest BCUT2D eigenvalue weighted by Crippen LogP contribution is -2.25. The Kier molecular flexibility index (Phi) is 9.57. The van der Waals surface area contributed by atoms with Gasteiger partial charge in [-0.05, 0) is 82.4 Å². The number of pyridine rings is 1. The molecule has 32 heavy (non-hydrogen) atoms. The van der Waals surface area contributed by atoms with E-state index in [1.54, 1.807) is 0 Å². The van der Waals surface area contributed by atoms with E-state index in [1.807, 2.05) is 0 Å². The summed E-state index contributed by atoms with van der Waals surface area (Å²) in [6, 6.07) is 15.3. The second-order valence-electron chi connectivity index (χ2n) is 8.42. The molecule has 1 heterocycles. The highest BCUT2D eigenvalue weighted by Gasteiger charge is 2.04. The average molecular weight is 436 g/mol. The Hall–Kier alpha value is -2.37. The van der Waals surface area contributed by atoms with Crippen LogP contribution in [0, 0.1) is 0 Å². The largest absolute Gasteiger partial charge is 0.385 e. The summed E-state index contributed by atoms with van der Waals surface area (Å²) in [7, 11) is 0. The van der Waals surface area contributed by atoms with E-state index in [4.69, 9.17) is 4.98 Å². The average Bonchev–Trinajstić information content (AvgIpc) is 2.83. The van der Waals surface area contributed by atoms with E-state index in [1.165, 1.54) is 10.8 Å². The summed E-state index contributed by atoms with van der Waals surface area (Å²) in [5.74, 6) is 0. The number of nitrogens with one attached hydrogen (secondary N) is 2. The van der Waals surface area contributed by atoms with Crippen molar-refractivity contribution in [1.29, 1.82) is 0 Å². The first-order valence-electron chi connectivity index (χ1n) is 12.4. The molecule has 0 bridgehead atoms. The van der Waals surface area contributed by atoms with Crippen molar-refractivity contribution in [3.05, 3.63) is 42.5 Å². The Morgan fingerprint density at radius 1 is 0.625 bits per heavy atom. The van der Waals surface area contributed by atoms with E-state index < -0.39 is 0 Å². The van der Waals surface area contributed by atoms with Crippen molar-refractivity contribution in [2.75, 3.05) is 63.0 Å². The molecule has 0 aliphatic heterocycles. The van der Waals surface area contributed by atoms with Crippen molar-refractivity contribution >= 4 is 33.2 Å². The molecular weight excluding hydrogens is 394 g/mol. The summed E-state index contributed by atoms with van der Waals surface area (Å²) < 4.78 is 0. The van der Waals surface area contributed by atoms with Crippen molar-refractivity contribution < 1.29 is 0 Å². The Bertz CT molecular complexity index is 888. The van der Waals surface area contributed by atoms with Crippen LogP contribution in [0.2, 0.25) is 0 Å². The molecule has 0 unspecified atom stereocenters. The van der Waals surface area contributed by atoms with Crippen LogP contribution in [0.25, 0.3) is 21.8 Å². The molecule has 0 fully saturated rings. The number of rotatable bonds is 14. The van der Waals surface area contributed by atoms with Gasteiger partial charge in [-0.25, -0.2) is 4.98 Å². The maximum Gasteiger partial charge on any atom is 0.0730 e. The van der Waals surface area contributed by atoms with E-state index in [0.29, 0.717) is 0 Å². The summed E-state index contributed by atoms with van der Waals surface area (Å²) in [5.41, 5.74) is 4.39. The zero-order valence-electron chi connectivity index (χ0n) is 20.5. The molecule has 0 amide bonds. The number of fused-ring (bicyclic) bond motifs is 2. The summed E-state index contributed by atoms with van der Waals surface area (Å²) >= 11 is 0. The van der Waals surface area contributed by atoms with E-state index in [0.717, 1.165) is 87.6 Å². The van der Waals surface area contributed by atoms with Crippen LogP contribution in [0.1, 0.15) is 40.5 Å². The molecule has 5 nitrogen and oxygen atoms in total. The monoisotopic (exact) mass is 435 g/mol. The second-order valence-corrected chi connectivity index (χ2v) is 8.42. The van der Waals surface area contributed by atoms with Crippen molar-refractivity contribution in [2.24, 2.45) is 0 Å². The van der Waals surface area contributed by atoms with Gasteiger partial charge in [0.1, 0.15) is 0 Å². The molecule has 0 aliphatic carbocycles. The van der Waals surface area contributed by atoms with Crippen molar-refractivity contribution in [3.63, 3.8) is 0 Å². The second kappa shape index (κ2) is 12.6. The lowest BCUT2D eigenvalue weighted by atomic mass is 10.1. The third-order valence-electron chi connectivity index (χ3n) is 6.36. The predicted octanol–water partition coefficient (Wildman–Crippen LogP) is 5.68. The highest BCUT2D eigenvalue weighted by atomic mass is 15.1. The highest BCUT2D eigenvalue weighted by molar-refractivity contribution is 5.95. The molecule has 3 rings (SSSR count). The highest BCUT2D eigenvalue weighted by Crippen LogP contribution is 2.24. The lowest BCUT2D eigenvalue weighted by Gasteiger charge is -2.18. The van der Waals surface area contributed by atoms with Gasteiger partial charge in [0.05, 0.1) is 11.0 Å². The molecule has 3 aromatic rings. The van der Waals surface area contributed by atoms with Gasteiger partial charge in [-0.2, -0.15) is 0 Å². The van der Waals surface area contributed by atoms with Crippen LogP contribution in [0.3, 0.4) is 0 Å². The Balaban J connectivity index is 1.61. The van der Waals surface area contributed by atoms with Gasteiger partial charge in [0.25, 0.3) is 0 Å². The van der Waals surface area contributed by atoms with Crippen LogP contribution < -0.4 is 10.6 Å². The first-order valence-corrected chi connectivity index (χ1v) is 12.4. The first-order chi connectivity index (χ1) is 15.7. The molecule has 2 N–H and O–H groups in total. The van der Waals surface area contributed by atoms with Crippen LogP contribution in [0.5, 0.6) is 0 Å². The molecule has 5 heteroatoms. The van der Waals surface area contributed by atoms with Crippen LogP contribution in [-0.2, 0) is 0 Å². The molecule has 1 aromatic heterocycles. The van der Waals surface area contributed by atoms with Gasteiger partial charge < -0.3 is 20.4 Å². The smallest absolute Gasteiger partial charge is 0.0730 e. The number of anilines is 2. The molecule has 0 aliphatic rings. The summed E-state index contributed by atoms with van der Waals surface area (Å²) in [6.45, 7) is 17.6. The van der Waals surface area contributed by atoms with Crippen molar-refractivity contribution in [1.82, 2.24) is 14.8 Å². The zero-order valence-corrected chi connectivity index (χ0v) is 20.5. The number of benzene rings is 2. The molecule has 0 saturated carbocycles. The van der Waals surface area contributed by atoms with Gasteiger partial charge in [-0.15, -0.1) is 0 Å². The summed E-state index contributed by atoms with van der Waals surface area (Å²) in [6.07, 6.45) is 2.29. The van der Waals surface area contributed by atoms with Gasteiger partial charge >= 0.3 is 0 Å². The SMILES string of the molecule is CCN(CC)CCCNc1ccc2cc3ccc(NCCCN(CC)CC)cc3nc2c1. The normalized spacial score (nSPS) is 11.7. The lowest BCUT2D eigenvalue weighted by molar-refractivity contribution is 0.303. The number of hydrogen-bond donors (Lipinski definition) is 2. The van der Waals surface area contributed by atoms with E-state index in [9.17, 15) is 0 Å². The van der Waals surface area contributed by atoms with E-state index in [2.05, 4.69) is 90.6 Å². The van der Waals surface area contributed by atoms with Crippen LogP contribution in [0.4, 0.5) is 11.4 Å². The minimum atomic E-state index is 0.983. The fraction of sp³-hybridized carbons (Fsp3) is 0.519. The summed E-state index contributed by atoms with van der Waals surface area (Å²) in [4.78, 5) is 9.90. The Morgan fingerprint density at radius 2 is 1.06 bits per heavy atom. The van der Waals surface area contributed by atoms with E-state index >= 15 is 0 Å². The third kappa shape index (κ3) is 6.81. The Labute approximate surface area is 194 Å². The minimum absolute atomic E-state index is 0.983. The molecule has 174 valence electrons. The van der Waals surface area contributed by atoms with Gasteiger partial charge in [0.15, 0.2) is 0 Å². The topological polar surface area (TPSA) is 43.4 Å². The van der Waals surface area contributed by atoms with Gasteiger partial charge in [0, 0.05) is 35.2 Å². The fourth-order valence-corrected chi connectivity index (χ4v) is 4.19. The molecule has 2 aromatic carbocycles. The van der Waals surface area contributed by atoms with Crippen LogP contribution in [0.15, 0.2) is 42.5 Å². The first kappa shape index (κ1) is 24.3. The number of aromatic nitrogens is 1. The fourth-order valence-electron chi connectivity index (χ4n) is 4.19. The van der Waals surface area contributed by atoms with Gasteiger partial charge in [-0.1, -0.05) is 39.8 Å². The maximum absolute atomic E-state index is 4.97. The third-order valence-corrected chi connectivity index (χ3v) is 6.36. The maximum atomic E-state index is 4.97. The van der Waals surface area contributed by atoms with Crippen LogP contribution >= 0.6 is 0 Å². The number of nitrogens with zero attached hydrogens (tertiary/aromatic N) is 3. The standard InChI is InChI=1S/C27H41N5/c1-5-31(6-2)17-9-15-28-24-13-11-22-19-23-12-14-25(21-27(23)30-26(22)20-24)29-16-10-18-32(7-3)8-4/h11-14,19-21,28-29H,5-10,15-18H2,1-4H3. The molecule has 0 radical (unpaired) electrons. The molecule has 0 saturated heterocycles. The van der Waals surface area contributed by atoms with Gasteiger partial charge in [0.2, 0.25) is 0 Å². The van der Waals surface area contributed by atoms with E-state index in [-0.39, 0.29) is 0 Å². The molecule has 0 atom stereocenters. The quantitative estimate of drug-likeness (QED) is 0.252.